The Bertz CT molecular complexity index is 200. The molecule has 4 nitrogen and oxygen atoms in total. The highest BCUT2D eigenvalue weighted by Gasteiger charge is 2.39. The highest BCUT2D eigenvalue weighted by Crippen LogP contribution is 2.24. The van der Waals surface area contributed by atoms with Gasteiger partial charge in [-0.1, -0.05) is 13.8 Å². The summed E-state index contributed by atoms with van der Waals surface area (Å²) >= 11 is 0. The highest BCUT2D eigenvalue weighted by molar-refractivity contribution is 5.76. The van der Waals surface area contributed by atoms with E-state index in [1.165, 1.54) is 0 Å². The fourth-order valence-electron chi connectivity index (χ4n) is 1.62. The topological polar surface area (TPSA) is 66.6 Å². The molecular weight excluding hydrogens is 168 g/mol. The number of hydrogen-bond donors (Lipinski definition) is 2. The van der Waals surface area contributed by atoms with E-state index < -0.39 is 5.60 Å². The number of hydrogen-bond acceptors (Lipinski definition) is 3. The van der Waals surface area contributed by atoms with Gasteiger partial charge in [0.25, 0.3) is 0 Å². The van der Waals surface area contributed by atoms with Gasteiger partial charge >= 0.3 is 0 Å². The molecule has 0 spiro atoms. The van der Waals surface area contributed by atoms with Gasteiger partial charge in [-0.25, -0.2) is 0 Å². The number of nitrogens with zero attached hydrogens (tertiary/aromatic N) is 1. The van der Waals surface area contributed by atoms with Crippen molar-refractivity contribution in [3.05, 3.63) is 0 Å². The lowest BCUT2D eigenvalue weighted by molar-refractivity contribution is -0.128. The molecule has 0 aromatic carbocycles. The standard InChI is InChI=1S/C9H18N2O2/c1-3-9(13)5-11(6-9)4-7(2)8(10)12/h7,13H,3-6H2,1-2H3,(H2,10,12). The van der Waals surface area contributed by atoms with Crippen molar-refractivity contribution < 1.29 is 9.90 Å². The minimum Gasteiger partial charge on any atom is -0.387 e. The number of aliphatic hydroxyl groups is 1. The predicted octanol–water partition coefficient (Wildman–Crippen LogP) is -0.435. The number of carbonyl (C=O) groups is 1. The van der Waals surface area contributed by atoms with Crippen LogP contribution < -0.4 is 5.73 Å². The number of amides is 1. The van der Waals surface area contributed by atoms with Crippen molar-refractivity contribution in [1.29, 1.82) is 0 Å². The van der Waals surface area contributed by atoms with Gasteiger partial charge < -0.3 is 10.8 Å². The summed E-state index contributed by atoms with van der Waals surface area (Å²) in [5.41, 5.74) is 4.62. The van der Waals surface area contributed by atoms with E-state index in [0.29, 0.717) is 19.6 Å². The zero-order valence-corrected chi connectivity index (χ0v) is 8.29. The van der Waals surface area contributed by atoms with Crippen molar-refractivity contribution in [1.82, 2.24) is 4.90 Å². The molecule has 1 atom stereocenters. The maximum absolute atomic E-state index is 10.7. The van der Waals surface area contributed by atoms with Crippen molar-refractivity contribution in [3.8, 4) is 0 Å². The van der Waals surface area contributed by atoms with Crippen LogP contribution in [-0.4, -0.2) is 41.1 Å². The van der Waals surface area contributed by atoms with Crippen LogP contribution in [0.25, 0.3) is 0 Å². The van der Waals surface area contributed by atoms with Gasteiger partial charge in [-0.15, -0.1) is 0 Å². The quantitative estimate of drug-likeness (QED) is 0.625. The van der Waals surface area contributed by atoms with Crippen LogP contribution in [0, 0.1) is 5.92 Å². The summed E-state index contributed by atoms with van der Waals surface area (Å²) < 4.78 is 0. The minimum absolute atomic E-state index is 0.124. The Labute approximate surface area is 78.7 Å². The lowest BCUT2D eigenvalue weighted by Crippen LogP contribution is -2.62. The molecule has 0 aromatic heterocycles. The zero-order chi connectivity index (χ0) is 10.1. The summed E-state index contributed by atoms with van der Waals surface area (Å²) in [6.07, 6.45) is 0.772. The van der Waals surface area contributed by atoms with Crippen molar-refractivity contribution in [2.45, 2.75) is 25.9 Å². The SMILES string of the molecule is CCC1(O)CN(CC(C)C(N)=O)C1. The summed E-state index contributed by atoms with van der Waals surface area (Å²) in [5.74, 6) is -0.395. The van der Waals surface area contributed by atoms with Crippen molar-refractivity contribution >= 4 is 5.91 Å². The first-order valence-corrected chi connectivity index (χ1v) is 4.71. The first kappa shape index (κ1) is 10.5. The molecule has 76 valence electrons. The zero-order valence-electron chi connectivity index (χ0n) is 8.29. The minimum atomic E-state index is -0.517. The summed E-state index contributed by atoms with van der Waals surface area (Å²) in [5, 5.41) is 9.68. The first-order chi connectivity index (χ1) is 5.97. The van der Waals surface area contributed by atoms with E-state index in [0.717, 1.165) is 6.42 Å². The Kier molecular flexibility index (Phi) is 2.93. The molecule has 1 unspecified atom stereocenters. The lowest BCUT2D eigenvalue weighted by atomic mass is 9.90. The molecule has 1 rings (SSSR count). The largest absolute Gasteiger partial charge is 0.387 e. The molecule has 1 aliphatic rings. The number of primary amides is 1. The number of nitrogens with two attached hydrogens (primary N) is 1. The average Bonchev–Trinajstić information content (AvgIpc) is 2.01. The van der Waals surface area contributed by atoms with Crippen LogP contribution in [0.5, 0.6) is 0 Å². The Hall–Kier alpha value is -0.610. The molecule has 3 N–H and O–H groups in total. The maximum atomic E-state index is 10.7. The molecule has 13 heavy (non-hydrogen) atoms. The van der Waals surface area contributed by atoms with Crippen molar-refractivity contribution in [2.75, 3.05) is 19.6 Å². The number of rotatable bonds is 4. The molecule has 1 heterocycles. The smallest absolute Gasteiger partial charge is 0.221 e. The Balaban J connectivity index is 2.25. The third kappa shape index (κ3) is 2.42. The van der Waals surface area contributed by atoms with Crippen LogP contribution in [0.1, 0.15) is 20.3 Å². The van der Waals surface area contributed by atoms with Gasteiger partial charge in [-0.3, -0.25) is 9.69 Å². The van der Waals surface area contributed by atoms with Crippen molar-refractivity contribution in [2.24, 2.45) is 11.7 Å². The number of likely N-dealkylation sites (tertiary alicyclic amines) is 1. The molecule has 1 amide bonds. The summed E-state index contributed by atoms with van der Waals surface area (Å²) in [6, 6.07) is 0. The second-order valence-electron chi connectivity index (χ2n) is 4.05. The number of carbonyl (C=O) groups excluding carboxylic acids is 1. The monoisotopic (exact) mass is 186 g/mol. The highest BCUT2D eigenvalue weighted by atomic mass is 16.3. The third-order valence-corrected chi connectivity index (χ3v) is 2.71. The fraction of sp³-hybridized carbons (Fsp3) is 0.889. The molecule has 0 radical (unpaired) electrons. The molecule has 4 heteroatoms. The van der Waals surface area contributed by atoms with Gasteiger partial charge in [0, 0.05) is 25.6 Å². The second-order valence-corrected chi connectivity index (χ2v) is 4.05. The van der Waals surface area contributed by atoms with E-state index in [1.54, 1.807) is 0 Å². The number of β-amino-alcohol motifs (C(OH)–C–C–N with tert-alkyl or cyclic N) is 1. The average molecular weight is 186 g/mol. The molecule has 1 aliphatic heterocycles. The third-order valence-electron chi connectivity index (χ3n) is 2.71. The van der Waals surface area contributed by atoms with Crippen LogP contribution >= 0.6 is 0 Å². The summed E-state index contributed by atoms with van der Waals surface area (Å²) in [7, 11) is 0. The van der Waals surface area contributed by atoms with E-state index in [2.05, 4.69) is 4.90 Å². The van der Waals surface area contributed by atoms with Crippen LogP contribution in [-0.2, 0) is 4.79 Å². The van der Waals surface area contributed by atoms with E-state index in [1.807, 2.05) is 13.8 Å². The van der Waals surface area contributed by atoms with Gasteiger partial charge in [0.2, 0.25) is 5.91 Å². The normalized spacial score (nSPS) is 23.6. The molecule has 1 saturated heterocycles. The van der Waals surface area contributed by atoms with Crippen LogP contribution in [0.2, 0.25) is 0 Å². The lowest BCUT2D eigenvalue weighted by Gasteiger charge is -2.46. The van der Waals surface area contributed by atoms with Gasteiger partial charge in [-0.05, 0) is 6.42 Å². The van der Waals surface area contributed by atoms with Crippen LogP contribution in [0.4, 0.5) is 0 Å². The van der Waals surface area contributed by atoms with Crippen molar-refractivity contribution in [3.63, 3.8) is 0 Å². The Morgan fingerprint density at radius 3 is 2.62 bits per heavy atom. The van der Waals surface area contributed by atoms with Crippen LogP contribution in [0.3, 0.4) is 0 Å². The molecule has 0 aromatic rings. The fourth-order valence-corrected chi connectivity index (χ4v) is 1.62. The molecule has 0 bridgehead atoms. The van der Waals surface area contributed by atoms with Gasteiger partial charge in [0.15, 0.2) is 0 Å². The van der Waals surface area contributed by atoms with E-state index >= 15 is 0 Å². The van der Waals surface area contributed by atoms with Gasteiger partial charge in [-0.2, -0.15) is 0 Å². The Morgan fingerprint density at radius 2 is 2.23 bits per heavy atom. The summed E-state index contributed by atoms with van der Waals surface area (Å²) in [4.78, 5) is 12.8. The van der Waals surface area contributed by atoms with Gasteiger partial charge in [0.05, 0.1) is 5.60 Å². The molecule has 0 aliphatic carbocycles. The van der Waals surface area contributed by atoms with Crippen LogP contribution in [0.15, 0.2) is 0 Å². The maximum Gasteiger partial charge on any atom is 0.221 e. The van der Waals surface area contributed by atoms with E-state index in [4.69, 9.17) is 5.73 Å². The molecule has 0 saturated carbocycles. The molecule has 1 fully saturated rings. The summed E-state index contributed by atoms with van der Waals surface area (Å²) in [6.45, 7) is 5.78. The Morgan fingerprint density at radius 1 is 1.69 bits per heavy atom. The molecular formula is C9H18N2O2. The second kappa shape index (κ2) is 3.64. The van der Waals surface area contributed by atoms with E-state index in [9.17, 15) is 9.90 Å². The van der Waals surface area contributed by atoms with E-state index in [-0.39, 0.29) is 11.8 Å². The van der Waals surface area contributed by atoms with Gasteiger partial charge in [0.1, 0.15) is 0 Å². The predicted molar refractivity (Wildman–Crippen MR) is 50.0 cm³/mol. The first-order valence-electron chi connectivity index (χ1n) is 4.71.